The molecular formula is C10H7F5. The van der Waals surface area contributed by atoms with Gasteiger partial charge in [0.1, 0.15) is 0 Å². The van der Waals surface area contributed by atoms with E-state index in [1.54, 1.807) is 6.92 Å². The van der Waals surface area contributed by atoms with E-state index in [2.05, 4.69) is 0 Å². The van der Waals surface area contributed by atoms with Crippen LogP contribution in [-0.4, -0.2) is 6.18 Å². The molecule has 1 aromatic rings. The van der Waals surface area contributed by atoms with E-state index in [0.29, 0.717) is 0 Å². The average Bonchev–Trinajstić information content (AvgIpc) is 2.15. The maximum atomic E-state index is 12.9. The number of hydrogen-bond donors (Lipinski definition) is 0. The van der Waals surface area contributed by atoms with E-state index >= 15 is 0 Å². The van der Waals surface area contributed by atoms with Crippen LogP contribution in [0.2, 0.25) is 0 Å². The largest absolute Gasteiger partial charge is 0.445 e. The monoisotopic (exact) mass is 222 g/mol. The maximum Gasteiger partial charge on any atom is 0.445 e. The maximum absolute atomic E-state index is 12.9. The van der Waals surface area contributed by atoms with Gasteiger partial charge in [-0.25, -0.2) is 4.39 Å². The van der Waals surface area contributed by atoms with Gasteiger partial charge >= 0.3 is 6.18 Å². The van der Waals surface area contributed by atoms with Gasteiger partial charge in [0.2, 0.25) is 5.83 Å². The zero-order valence-electron chi connectivity index (χ0n) is 7.70. The molecule has 0 fully saturated rings. The molecule has 0 nitrogen and oxygen atoms in total. The molecule has 5 heteroatoms. The molecule has 0 aromatic heterocycles. The fraction of sp³-hybridized carbons (Fsp3) is 0.200. The summed E-state index contributed by atoms with van der Waals surface area (Å²) in [6, 6.07) is 4.99. The van der Waals surface area contributed by atoms with Crippen LogP contribution in [0.15, 0.2) is 30.1 Å². The zero-order valence-corrected chi connectivity index (χ0v) is 7.70. The molecule has 0 spiro atoms. The van der Waals surface area contributed by atoms with Gasteiger partial charge in [-0.2, -0.15) is 17.6 Å². The van der Waals surface area contributed by atoms with Gasteiger partial charge in [-0.05, 0) is 6.92 Å². The molecule has 0 saturated carbocycles. The molecule has 0 unspecified atom stereocenters. The lowest BCUT2D eigenvalue weighted by Gasteiger charge is -2.05. The van der Waals surface area contributed by atoms with E-state index in [1.165, 1.54) is 12.1 Å². The highest BCUT2D eigenvalue weighted by molar-refractivity contribution is 5.61. The lowest BCUT2D eigenvalue weighted by Crippen LogP contribution is -2.09. The van der Waals surface area contributed by atoms with E-state index in [1.807, 2.05) is 0 Å². The third-order valence-corrected chi connectivity index (χ3v) is 1.75. The van der Waals surface area contributed by atoms with Crippen molar-refractivity contribution in [3.63, 3.8) is 0 Å². The highest BCUT2D eigenvalue weighted by atomic mass is 19.4. The van der Waals surface area contributed by atoms with Crippen molar-refractivity contribution in [1.29, 1.82) is 0 Å². The predicted molar refractivity (Wildman–Crippen MR) is 46.4 cm³/mol. The Labute approximate surface area is 83.0 Å². The van der Waals surface area contributed by atoms with Crippen molar-refractivity contribution < 1.29 is 22.0 Å². The molecule has 0 saturated heterocycles. The fourth-order valence-electron chi connectivity index (χ4n) is 0.951. The van der Waals surface area contributed by atoms with E-state index in [9.17, 15) is 22.0 Å². The minimum absolute atomic E-state index is 0.421. The number of allylic oxidation sites excluding steroid dienone is 1. The Morgan fingerprint density at radius 1 is 1.00 bits per heavy atom. The van der Waals surface area contributed by atoms with Gasteiger partial charge in [-0.1, -0.05) is 29.8 Å². The molecule has 1 aromatic carbocycles. The van der Waals surface area contributed by atoms with Gasteiger partial charge < -0.3 is 0 Å². The molecule has 0 atom stereocenters. The average molecular weight is 222 g/mol. The summed E-state index contributed by atoms with van der Waals surface area (Å²) < 4.78 is 60.8. The van der Waals surface area contributed by atoms with Crippen molar-refractivity contribution in [2.24, 2.45) is 0 Å². The number of aryl methyl sites for hydroxylation is 1. The van der Waals surface area contributed by atoms with Crippen LogP contribution in [-0.2, 0) is 0 Å². The number of benzene rings is 1. The SMILES string of the molecule is Cc1ccc(/C(F)=C(\F)C(F)(F)F)cc1. The van der Waals surface area contributed by atoms with Crippen LogP contribution < -0.4 is 0 Å². The summed E-state index contributed by atoms with van der Waals surface area (Å²) in [7, 11) is 0. The molecule has 0 aliphatic carbocycles. The number of alkyl halides is 3. The Hall–Kier alpha value is -1.39. The number of hydrogen-bond acceptors (Lipinski definition) is 0. The van der Waals surface area contributed by atoms with Crippen LogP contribution >= 0.6 is 0 Å². The molecular weight excluding hydrogens is 215 g/mol. The topological polar surface area (TPSA) is 0 Å². The van der Waals surface area contributed by atoms with Crippen LogP contribution in [0.5, 0.6) is 0 Å². The van der Waals surface area contributed by atoms with Gasteiger partial charge in [0.25, 0.3) is 0 Å². The molecule has 0 radical (unpaired) electrons. The third-order valence-electron chi connectivity index (χ3n) is 1.75. The smallest absolute Gasteiger partial charge is 0.203 e. The molecule has 0 heterocycles. The van der Waals surface area contributed by atoms with Crippen LogP contribution in [0.1, 0.15) is 11.1 Å². The van der Waals surface area contributed by atoms with Crippen molar-refractivity contribution in [2.45, 2.75) is 13.1 Å². The van der Waals surface area contributed by atoms with Gasteiger partial charge in [0.15, 0.2) is 5.83 Å². The minimum Gasteiger partial charge on any atom is -0.203 e. The summed E-state index contributed by atoms with van der Waals surface area (Å²) in [5, 5.41) is 0. The predicted octanol–water partition coefficient (Wildman–Crippen LogP) is 4.16. The lowest BCUT2D eigenvalue weighted by atomic mass is 10.1. The van der Waals surface area contributed by atoms with Crippen molar-refractivity contribution in [3.8, 4) is 0 Å². The normalized spacial score (nSPS) is 13.7. The Morgan fingerprint density at radius 2 is 1.47 bits per heavy atom. The first kappa shape index (κ1) is 11.7. The molecule has 0 N–H and O–H groups in total. The van der Waals surface area contributed by atoms with Crippen molar-refractivity contribution in [1.82, 2.24) is 0 Å². The first-order valence-corrected chi connectivity index (χ1v) is 4.02. The molecule has 0 aliphatic heterocycles. The molecule has 0 bridgehead atoms. The van der Waals surface area contributed by atoms with Gasteiger partial charge in [0.05, 0.1) is 0 Å². The summed E-state index contributed by atoms with van der Waals surface area (Å²) in [5.41, 5.74) is 0.328. The second-order valence-electron chi connectivity index (χ2n) is 2.99. The van der Waals surface area contributed by atoms with Crippen LogP contribution in [0.25, 0.3) is 5.83 Å². The van der Waals surface area contributed by atoms with E-state index in [-0.39, 0.29) is 0 Å². The van der Waals surface area contributed by atoms with Gasteiger partial charge in [-0.3, -0.25) is 0 Å². The molecule has 0 amide bonds. The van der Waals surface area contributed by atoms with Crippen molar-refractivity contribution >= 4 is 5.83 Å². The second kappa shape index (κ2) is 4.00. The van der Waals surface area contributed by atoms with Crippen LogP contribution in [0.4, 0.5) is 22.0 Å². The van der Waals surface area contributed by atoms with Crippen LogP contribution in [0.3, 0.4) is 0 Å². The zero-order chi connectivity index (χ0) is 11.6. The van der Waals surface area contributed by atoms with Crippen molar-refractivity contribution in [3.05, 3.63) is 41.2 Å². The highest BCUT2D eigenvalue weighted by Gasteiger charge is 2.38. The first-order valence-electron chi connectivity index (χ1n) is 4.02. The van der Waals surface area contributed by atoms with Crippen molar-refractivity contribution in [2.75, 3.05) is 0 Å². The Kier molecular flexibility index (Phi) is 3.12. The molecule has 1 rings (SSSR count). The van der Waals surface area contributed by atoms with Gasteiger partial charge in [-0.15, -0.1) is 0 Å². The van der Waals surface area contributed by atoms with E-state index in [4.69, 9.17) is 0 Å². The summed E-state index contributed by atoms with van der Waals surface area (Å²) in [6.07, 6.45) is -5.28. The number of rotatable bonds is 1. The molecule has 15 heavy (non-hydrogen) atoms. The summed E-state index contributed by atoms with van der Waals surface area (Å²) in [5.74, 6) is -4.59. The Morgan fingerprint density at radius 3 is 1.87 bits per heavy atom. The van der Waals surface area contributed by atoms with E-state index < -0.39 is 23.4 Å². The summed E-state index contributed by atoms with van der Waals surface area (Å²) in [4.78, 5) is 0. The second-order valence-corrected chi connectivity index (χ2v) is 2.99. The first-order chi connectivity index (χ1) is 6.82. The fourth-order valence-corrected chi connectivity index (χ4v) is 0.951. The number of halogens is 5. The molecule has 0 aliphatic rings. The van der Waals surface area contributed by atoms with E-state index in [0.717, 1.165) is 17.7 Å². The van der Waals surface area contributed by atoms with Crippen LogP contribution in [0, 0.1) is 6.92 Å². The summed E-state index contributed by atoms with van der Waals surface area (Å²) in [6.45, 7) is 1.69. The Balaban J connectivity index is 3.14. The minimum atomic E-state index is -5.28. The molecule has 82 valence electrons. The quantitative estimate of drug-likeness (QED) is 0.625. The Bertz CT molecular complexity index is 372. The standard InChI is InChI=1S/C10H7F5/c1-6-2-4-7(5-3-6)8(11)9(12)10(13,14)15/h2-5H,1H3/b9-8+. The highest BCUT2D eigenvalue weighted by Crippen LogP contribution is 2.33. The lowest BCUT2D eigenvalue weighted by molar-refractivity contribution is -0.108. The summed E-state index contributed by atoms with van der Waals surface area (Å²) >= 11 is 0. The third kappa shape index (κ3) is 2.78. The van der Waals surface area contributed by atoms with Gasteiger partial charge in [0, 0.05) is 5.56 Å².